The van der Waals surface area contributed by atoms with Crippen molar-refractivity contribution in [3.8, 4) is 28.6 Å². The quantitative estimate of drug-likeness (QED) is 0.359. The van der Waals surface area contributed by atoms with Crippen molar-refractivity contribution in [2.75, 3.05) is 0 Å². The molecule has 3 N–H and O–H groups in total. The summed E-state index contributed by atoms with van der Waals surface area (Å²) in [5.41, 5.74) is 0.830. The van der Waals surface area contributed by atoms with E-state index in [9.17, 15) is 19.0 Å². The lowest BCUT2D eigenvalue weighted by molar-refractivity contribution is -0.0498. The van der Waals surface area contributed by atoms with Crippen LogP contribution in [0.2, 0.25) is 0 Å². The zero-order chi connectivity index (χ0) is 18.7. The Kier molecular flexibility index (Phi) is 4.94. The van der Waals surface area contributed by atoms with Gasteiger partial charge < -0.3 is 14.9 Å². The maximum Gasteiger partial charge on any atom is 0.387 e. The predicted octanol–water partition coefficient (Wildman–Crippen LogP) is 3.50. The molecule has 0 aliphatic heterocycles. The minimum atomic E-state index is -2.91. The highest BCUT2D eigenvalue weighted by Gasteiger charge is 2.10. The first-order valence-electron chi connectivity index (χ1n) is 7.23. The number of para-hydroxylation sites is 1. The summed E-state index contributed by atoms with van der Waals surface area (Å²) in [5.74, 6) is -0.256. The fourth-order valence-corrected chi connectivity index (χ4v) is 2.32. The number of aromatic nitrogens is 3. The van der Waals surface area contributed by atoms with Gasteiger partial charge in [0.2, 0.25) is 4.77 Å². The first-order valence-corrected chi connectivity index (χ1v) is 7.64. The number of halogens is 2. The number of nitrogens with zero attached hydrogens (tertiary/aromatic N) is 3. The Labute approximate surface area is 150 Å². The van der Waals surface area contributed by atoms with Crippen LogP contribution >= 0.6 is 12.2 Å². The third-order valence-electron chi connectivity index (χ3n) is 3.35. The highest BCUT2D eigenvalue weighted by Crippen LogP contribution is 2.27. The Balaban J connectivity index is 1.93. The lowest BCUT2D eigenvalue weighted by Crippen LogP contribution is -2.01. The van der Waals surface area contributed by atoms with E-state index in [0.29, 0.717) is 11.4 Å². The number of H-pyrrole nitrogens is 1. The van der Waals surface area contributed by atoms with E-state index in [-0.39, 0.29) is 27.6 Å². The van der Waals surface area contributed by atoms with Gasteiger partial charge in [-0.3, -0.25) is 0 Å². The molecule has 0 atom stereocenters. The van der Waals surface area contributed by atoms with Crippen LogP contribution in [-0.4, -0.2) is 37.9 Å². The Morgan fingerprint density at radius 1 is 1.19 bits per heavy atom. The summed E-state index contributed by atoms with van der Waals surface area (Å²) >= 11 is 5.13. The topological polar surface area (TPSA) is 95.7 Å². The van der Waals surface area contributed by atoms with Gasteiger partial charge in [0, 0.05) is 11.1 Å². The van der Waals surface area contributed by atoms with E-state index in [1.807, 2.05) is 0 Å². The number of rotatable bonds is 5. The number of alkyl halides is 2. The summed E-state index contributed by atoms with van der Waals surface area (Å²) in [7, 11) is 0. The summed E-state index contributed by atoms with van der Waals surface area (Å²) in [6.07, 6.45) is 1.30. The molecule has 0 bridgehead atoms. The summed E-state index contributed by atoms with van der Waals surface area (Å²) in [5, 5.41) is 30.1. The molecule has 0 fully saturated rings. The summed E-state index contributed by atoms with van der Waals surface area (Å²) in [6.45, 7) is -2.91. The minimum absolute atomic E-state index is 0.0117. The first-order chi connectivity index (χ1) is 12.5. The van der Waals surface area contributed by atoms with E-state index in [4.69, 9.17) is 12.2 Å². The molecule has 26 heavy (non-hydrogen) atoms. The molecule has 0 unspecified atom stereocenters. The normalized spacial score (nSPS) is 11.3. The average Bonchev–Trinajstić information content (AvgIpc) is 2.97. The van der Waals surface area contributed by atoms with E-state index in [0.717, 1.165) is 0 Å². The molecule has 0 saturated carbocycles. The second-order valence-corrected chi connectivity index (χ2v) is 5.41. The van der Waals surface area contributed by atoms with Crippen LogP contribution in [0.3, 0.4) is 0 Å². The molecule has 1 aromatic heterocycles. The minimum Gasteiger partial charge on any atom is -0.504 e. The lowest BCUT2D eigenvalue weighted by atomic mass is 10.2. The number of benzene rings is 2. The fourth-order valence-electron chi connectivity index (χ4n) is 2.14. The number of hydrogen-bond donors (Lipinski definition) is 3. The molecule has 10 heteroatoms. The molecule has 3 aromatic rings. The van der Waals surface area contributed by atoms with Crippen molar-refractivity contribution in [2.45, 2.75) is 6.61 Å². The number of nitrogens with one attached hydrogen (secondary N) is 1. The highest BCUT2D eigenvalue weighted by molar-refractivity contribution is 7.71. The monoisotopic (exact) mass is 378 g/mol. The van der Waals surface area contributed by atoms with Crippen molar-refractivity contribution < 1.29 is 23.7 Å². The number of hydrogen-bond acceptors (Lipinski definition) is 6. The van der Waals surface area contributed by atoms with Gasteiger partial charge in [-0.1, -0.05) is 6.07 Å². The maximum atomic E-state index is 12.2. The van der Waals surface area contributed by atoms with E-state index < -0.39 is 6.61 Å². The van der Waals surface area contributed by atoms with Crippen molar-refractivity contribution in [3.63, 3.8) is 0 Å². The number of aromatic hydroxyl groups is 2. The zero-order valence-corrected chi connectivity index (χ0v) is 13.8. The van der Waals surface area contributed by atoms with Crippen LogP contribution < -0.4 is 4.74 Å². The Morgan fingerprint density at radius 2 is 1.92 bits per heavy atom. The molecule has 134 valence electrons. The standard InChI is InChI=1S/C16H12F2N4O3S/c17-15(18)25-11-6-4-9(5-7-11)14-20-21-16(26)22(14)19-8-10-2-1-3-12(23)13(10)24/h1-8,15,23-24H,(H,21,26)/b19-8+. The van der Waals surface area contributed by atoms with E-state index >= 15 is 0 Å². The van der Waals surface area contributed by atoms with Gasteiger partial charge in [-0.25, -0.2) is 5.10 Å². The SMILES string of the molecule is Oc1cccc(/C=N/n2c(-c3ccc(OC(F)F)cc3)n[nH]c2=S)c1O. The number of aromatic amines is 1. The van der Waals surface area contributed by atoms with Crippen LogP contribution in [0.5, 0.6) is 17.2 Å². The van der Waals surface area contributed by atoms with Gasteiger partial charge in [0.1, 0.15) is 5.75 Å². The summed E-state index contributed by atoms with van der Waals surface area (Å²) < 4.78 is 30.2. The van der Waals surface area contributed by atoms with Gasteiger partial charge in [0.05, 0.1) is 6.21 Å². The van der Waals surface area contributed by atoms with Crippen LogP contribution in [0.4, 0.5) is 8.78 Å². The third kappa shape index (κ3) is 3.70. The molecule has 1 heterocycles. The molecule has 7 nitrogen and oxygen atoms in total. The van der Waals surface area contributed by atoms with Crippen LogP contribution in [-0.2, 0) is 0 Å². The summed E-state index contributed by atoms with van der Waals surface area (Å²) in [6, 6.07) is 10.2. The Morgan fingerprint density at radius 3 is 2.62 bits per heavy atom. The number of ether oxygens (including phenoxy) is 1. The maximum absolute atomic E-state index is 12.2. The molecule has 0 aliphatic carbocycles. The third-order valence-corrected chi connectivity index (χ3v) is 3.61. The molecule has 0 aliphatic rings. The molecule has 3 rings (SSSR count). The second kappa shape index (κ2) is 7.31. The van der Waals surface area contributed by atoms with Crippen molar-refractivity contribution in [2.24, 2.45) is 5.10 Å². The van der Waals surface area contributed by atoms with Crippen molar-refractivity contribution in [1.29, 1.82) is 0 Å². The molecule has 0 radical (unpaired) electrons. The van der Waals surface area contributed by atoms with E-state index in [1.165, 1.54) is 41.2 Å². The Hall–Kier alpha value is -3.27. The van der Waals surface area contributed by atoms with Crippen LogP contribution in [0, 0.1) is 4.77 Å². The lowest BCUT2D eigenvalue weighted by Gasteiger charge is -2.05. The number of phenolic OH excluding ortho intramolecular Hbond substituents is 2. The van der Waals surface area contributed by atoms with E-state index in [2.05, 4.69) is 20.0 Å². The van der Waals surface area contributed by atoms with Gasteiger partial charge in [0.25, 0.3) is 0 Å². The van der Waals surface area contributed by atoms with Crippen molar-refractivity contribution in [1.82, 2.24) is 14.9 Å². The van der Waals surface area contributed by atoms with Gasteiger partial charge >= 0.3 is 6.61 Å². The zero-order valence-electron chi connectivity index (χ0n) is 13.0. The van der Waals surface area contributed by atoms with Crippen LogP contribution in [0.25, 0.3) is 11.4 Å². The highest BCUT2D eigenvalue weighted by atomic mass is 32.1. The van der Waals surface area contributed by atoms with E-state index in [1.54, 1.807) is 12.1 Å². The molecule has 0 amide bonds. The molecule has 0 spiro atoms. The molecule has 0 saturated heterocycles. The van der Waals surface area contributed by atoms with Crippen LogP contribution in [0.1, 0.15) is 5.56 Å². The van der Waals surface area contributed by atoms with Crippen LogP contribution in [0.15, 0.2) is 47.6 Å². The molecule has 2 aromatic carbocycles. The van der Waals surface area contributed by atoms with Gasteiger partial charge in [-0.2, -0.15) is 23.7 Å². The van der Waals surface area contributed by atoms with Gasteiger partial charge in [-0.15, -0.1) is 0 Å². The smallest absolute Gasteiger partial charge is 0.387 e. The molecular weight excluding hydrogens is 366 g/mol. The average molecular weight is 378 g/mol. The largest absolute Gasteiger partial charge is 0.504 e. The fraction of sp³-hybridized carbons (Fsp3) is 0.0625. The Bertz CT molecular complexity index is 999. The number of phenols is 2. The molecular formula is C16H12F2N4O3S. The van der Waals surface area contributed by atoms with Gasteiger partial charge in [-0.05, 0) is 48.6 Å². The van der Waals surface area contributed by atoms with Gasteiger partial charge in [0.15, 0.2) is 17.3 Å². The van der Waals surface area contributed by atoms with Crippen molar-refractivity contribution >= 4 is 18.4 Å². The second-order valence-electron chi connectivity index (χ2n) is 5.03. The summed E-state index contributed by atoms with van der Waals surface area (Å²) in [4.78, 5) is 0. The first kappa shape index (κ1) is 17.5. The van der Waals surface area contributed by atoms with Crippen molar-refractivity contribution in [3.05, 3.63) is 52.8 Å². The predicted molar refractivity (Wildman–Crippen MR) is 92.2 cm³/mol.